The first kappa shape index (κ1) is 18.8. The third-order valence-corrected chi connectivity index (χ3v) is 4.66. The van der Waals surface area contributed by atoms with Crippen LogP contribution in [0.1, 0.15) is 27.7 Å². The smallest absolute Gasteiger partial charge is 0.202 e. The number of halogens is 1. The van der Waals surface area contributed by atoms with Crippen molar-refractivity contribution >= 4 is 39.7 Å². The lowest BCUT2D eigenvalue weighted by atomic mass is 10.1. The van der Waals surface area contributed by atoms with Crippen LogP contribution in [0.25, 0.3) is 6.08 Å². The summed E-state index contributed by atoms with van der Waals surface area (Å²) in [5, 5.41) is 2.93. The van der Waals surface area contributed by atoms with Crippen molar-refractivity contribution in [3.8, 4) is 0 Å². The van der Waals surface area contributed by atoms with Crippen molar-refractivity contribution in [2.45, 2.75) is 6.17 Å². The Hall–Kier alpha value is -2.93. The lowest BCUT2D eigenvalue weighted by Crippen LogP contribution is -2.46. The van der Waals surface area contributed by atoms with Crippen LogP contribution in [0.3, 0.4) is 0 Å². The van der Waals surface area contributed by atoms with Crippen LogP contribution in [-0.2, 0) is 0 Å². The zero-order valence-corrected chi connectivity index (χ0v) is 16.6. The fourth-order valence-corrected chi connectivity index (χ4v) is 3.01. The van der Waals surface area contributed by atoms with Crippen molar-refractivity contribution in [2.75, 3.05) is 14.1 Å². The molecule has 3 N–H and O–H groups in total. The normalized spacial score (nSPS) is 16.5. The molecule has 138 valence electrons. The molecule has 0 spiro atoms. The highest BCUT2D eigenvalue weighted by Crippen LogP contribution is 2.22. The van der Waals surface area contributed by atoms with Gasteiger partial charge < -0.3 is 10.6 Å². The summed E-state index contributed by atoms with van der Waals surface area (Å²) in [4.78, 5) is 23.0. The van der Waals surface area contributed by atoms with Gasteiger partial charge >= 0.3 is 0 Å². The molecule has 3 rings (SSSR count). The van der Waals surface area contributed by atoms with Crippen LogP contribution >= 0.6 is 15.9 Å². The van der Waals surface area contributed by atoms with E-state index < -0.39 is 0 Å². The van der Waals surface area contributed by atoms with E-state index >= 15 is 0 Å². The summed E-state index contributed by atoms with van der Waals surface area (Å²) in [6.07, 6.45) is 2.97. The molecule has 1 aliphatic heterocycles. The van der Waals surface area contributed by atoms with Gasteiger partial charge in [-0.3, -0.25) is 10.1 Å². The van der Waals surface area contributed by atoms with Gasteiger partial charge in [0.15, 0.2) is 17.9 Å². The van der Waals surface area contributed by atoms with Crippen LogP contribution in [0.15, 0.2) is 69.1 Å². The Morgan fingerprint density at radius 1 is 1.15 bits per heavy atom. The van der Waals surface area contributed by atoms with E-state index in [1.807, 2.05) is 61.5 Å². The van der Waals surface area contributed by atoms with E-state index in [0.29, 0.717) is 17.5 Å². The molecule has 2 aromatic rings. The number of carbonyl (C=O) groups excluding carboxylic acids is 1. The zero-order chi connectivity index (χ0) is 19.4. The Bertz CT molecular complexity index is 932. The van der Waals surface area contributed by atoms with E-state index in [1.54, 1.807) is 18.2 Å². The Morgan fingerprint density at radius 3 is 2.52 bits per heavy atom. The second-order valence-corrected chi connectivity index (χ2v) is 7.06. The minimum Gasteiger partial charge on any atom is -0.370 e. The van der Waals surface area contributed by atoms with Crippen molar-refractivity contribution in [3.05, 3.63) is 75.8 Å². The molecule has 27 heavy (non-hydrogen) atoms. The minimum atomic E-state index is -0.386. The standard InChI is InChI=1S/C20H20BrN5O/c1-26(2)20-24-18(23-19(22)25-20)14-10-7-13(8-11-14)9-12-17(27)15-5-3-4-6-16(15)21/h3-12,18H,1-2H3,(H3,22,23,24,25)/b12-9+. The van der Waals surface area contributed by atoms with Gasteiger partial charge in [-0.05, 0) is 29.3 Å². The summed E-state index contributed by atoms with van der Waals surface area (Å²) < 4.78 is 0.783. The number of nitrogens with zero attached hydrogens (tertiary/aromatic N) is 3. The van der Waals surface area contributed by atoms with Gasteiger partial charge in [-0.2, -0.15) is 0 Å². The number of nitrogens with two attached hydrogens (primary N) is 1. The maximum Gasteiger partial charge on any atom is 0.202 e. The lowest BCUT2D eigenvalue weighted by Gasteiger charge is -2.23. The van der Waals surface area contributed by atoms with E-state index in [-0.39, 0.29) is 11.9 Å². The summed E-state index contributed by atoms with van der Waals surface area (Å²) in [7, 11) is 3.77. The minimum absolute atomic E-state index is 0.0532. The van der Waals surface area contributed by atoms with Gasteiger partial charge in [0.1, 0.15) is 0 Å². The van der Waals surface area contributed by atoms with Gasteiger partial charge in [0.05, 0.1) is 0 Å². The average Bonchev–Trinajstić information content (AvgIpc) is 2.66. The van der Waals surface area contributed by atoms with Crippen LogP contribution in [0, 0.1) is 0 Å². The van der Waals surface area contributed by atoms with Crippen LogP contribution < -0.4 is 11.1 Å². The molecule has 1 unspecified atom stereocenters. The molecule has 0 radical (unpaired) electrons. The second kappa shape index (κ2) is 8.18. The number of rotatable bonds is 4. The zero-order valence-electron chi connectivity index (χ0n) is 15.1. The molecule has 2 aromatic carbocycles. The SMILES string of the molecule is CN(C)C1=NC(c2ccc(/C=C/C(=O)c3ccccc3Br)cc2)N=C(N)N1. The van der Waals surface area contributed by atoms with Gasteiger partial charge in [-0.1, -0.05) is 58.4 Å². The molecule has 7 heteroatoms. The summed E-state index contributed by atoms with van der Waals surface area (Å²) in [6, 6.07) is 15.1. The first-order chi connectivity index (χ1) is 12.9. The van der Waals surface area contributed by atoms with Crippen LogP contribution in [0.4, 0.5) is 0 Å². The molecule has 0 bridgehead atoms. The maximum absolute atomic E-state index is 12.3. The van der Waals surface area contributed by atoms with Crippen molar-refractivity contribution in [1.82, 2.24) is 10.2 Å². The molecule has 0 fully saturated rings. The summed E-state index contributed by atoms with van der Waals surface area (Å²) in [6.45, 7) is 0. The Kier molecular flexibility index (Phi) is 5.71. The molecule has 1 atom stereocenters. The number of carbonyl (C=O) groups is 1. The molecule has 0 saturated heterocycles. The van der Waals surface area contributed by atoms with Crippen molar-refractivity contribution in [1.29, 1.82) is 0 Å². The topological polar surface area (TPSA) is 83.1 Å². The van der Waals surface area contributed by atoms with Crippen LogP contribution in [0.2, 0.25) is 0 Å². The van der Waals surface area contributed by atoms with Gasteiger partial charge in [-0.15, -0.1) is 0 Å². The number of benzene rings is 2. The number of hydrogen-bond acceptors (Lipinski definition) is 6. The molecule has 1 heterocycles. The number of guanidine groups is 2. The van der Waals surface area contributed by atoms with Crippen molar-refractivity contribution in [2.24, 2.45) is 15.7 Å². The molecular weight excluding hydrogens is 406 g/mol. The Morgan fingerprint density at radius 2 is 1.85 bits per heavy atom. The summed E-state index contributed by atoms with van der Waals surface area (Å²) in [5.74, 6) is 0.944. The number of ketones is 1. The predicted octanol–water partition coefficient (Wildman–Crippen LogP) is 3.18. The second-order valence-electron chi connectivity index (χ2n) is 6.20. The molecule has 0 amide bonds. The highest BCUT2D eigenvalue weighted by molar-refractivity contribution is 9.10. The summed E-state index contributed by atoms with van der Waals surface area (Å²) in [5.41, 5.74) is 8.33. The maximum atomic E-state index is 12.3. The average molecular weight is 426 g/mol. The Labute approximate surface area is 166 Å². The number of nitrogens with one attached hydrogen (secondary N) is 1. The fourth-order valence-electron chi connectivity index (χ4n) is 2.53. The van der Waals surface area contributed by atoms with E-state index in [4.69, 9.17) is 5.73 Å². The van der Waals surface area contributed by atoms with E-state index in [0.717, 1.165) is 15.6 Å². The molecule has 0 aliphatic carbocycles. The monoisotopic (exact) mass is 425 g/mol. The summed E-state index contributed by atoms with van der Waals surface area (Å²) >= 11 is 3.40. The fraction of sp³-hybridized carbons (Fsp3) is 0.150. The molecule has 1 aliphatic rings. The third kappa shape index (κ3) is 4.62. The van der Waals surface area contributed by atoms with Gasteiger partial charge in [0, 0.05) is 24.1 Å². The molecular formula is C20H20BrN5O. The largest absolute Gasteiger partial charge is 0.370 e. The lowest BCUT2D eigenvalue weighted by molar-refractivity contribution is 0.104. The van der Waals surface area contributed by atoms with Crippen molar-refractivity contribution < 1.29 is 4.79 Å². The quantitative estimate of drug-likeness (QED) is 0.581. The molecule has 0 saturated carbocycles. The van der Waals surface area contributed by atoms with Gasteiger partial charge in [0.2, 0.25) is 5.96 Å². The highest BCUT2D eigenvalue weighted by Gasteiger charge is 2.17. The van der Waals surface area contributed by atoms with E-state index in [9.17, 15) is 4.79 Å². The highest BCUT2D eigenvalue weighted by atomic mass is 79.9. The first-order valence-electron chi connectivity index (χ1n) is 8.36. The van der Waals surface area contributed by atoms with Crippen LogP contribution in [-0.4, -0.2) is 36.7 Å². The van der Waals surface area contributed by atoms with Gasteiger partial charge in [0.25, 0.3) is 0 Å². The number of hydrogen-bond donors (Lipinski definition) is 2. The third-order valence-electron chi connectivity index (χ3n) is 3.97. The van der Waals surface area contributed by atoms with E-state index in [1.165, 1.54) is 0 Å². The molecule has 0 aromatic heterocycles. The first-order valence-corrected chi connectivity index (χ1v) is 9.15. The number of allylic oxidation sites excluding steroid dienone is 1. The van der Waals surface area contributed by atoms with E-state index in [2.05, 4.69) is 31.2 Å². The van der Waals surface area contributed by atoms with Crippen LogP contribution in [0.5, 0.6) is 0 Å². The molecule has 6 nitrogen and oxygen atoms in total. The number of aliphatic imine (C=N–C) groups is 2. The predicted molar refractivity (Wildman–Crippen MR) is 113 cm³/mol. The van der Waals surface area contributed by atoms with Gasteiger partial charge in [-0.25, -0.2) is 9.98 Å². The Balaban J connectivity index is 1.75. The van der Waals surface area contributed by atoms with Crippen molar-refractivity contribution in [3.63, 3.8) is 0 Å².